The van der Waals surface area contributed by atoms with Gasteiger partial charge >= 0.3 is 0 Å². The minimum Gasteiger partial charge on any atom is -0.283 e. The van der Waals surface area contributed by atoms with Crippen LogP contribution in [0.4, 0.5) is 0 Å². The molecule has 0 spiro atoms. The largest absolute Gasteiger partial charge is 0.283 e. The Bertz CT molecular complexity index is 1270. The SMILES string of the molecule is CN(Cc1ccccc1Br)Cn1nc2n(C)c(=O)c3ccccc3n2c1=S. The Hall–Kier alpha value is -2.29. The predicted octanol–water partition coefficient (Wildman–Crippen LogP) is 3.57. The zero-order valence-electron chi connectivity index (χ0n) is 15.0. The highest BCUT2D eigenvalue weighted by atomic mass is 79.9. The minimum atomic E-state index is -0.0770. The monoisotopic (exact) mass is 443 g/mol. The molecule has 0 saturated carbocycles. The lowest BCUT2D eigenvalue weighted by Crippen LogP contribution is -2.23. The molecule has 0 aliphatic rings. The molecular formula is C19H18BrN5OS. The van der Waals surface area contributed by atoms with E-state index in [-0.39, 0.29) is 5.56 Å². The highest BCUT2D eigenvalue weighted by Crippen LogP contribution is 2.18. The first-order valence-corrected chi connectivity index (χ1v) is 9.67. The van der Waals surface area contributed by atoms with Gasteiger partial charge in [-0.2, -0.15) is 0 Å². The molecule has 2 aromatic heterocycles. The average Bonchev–Trinajstić information content (AvgIpc) is 2.98. The fraction of sp³-hybridized carbons (Fsp3) is 0.211. The van der Waals surface area contributed by atoms with Gasteiger partial charge in [-0.15, -0.1) is 5.10 Å². The summed E-state index contributed by atoms with van der Waals surface area (Å²) in [5.74, 6) is 0.540. The van der Waals surface area contributed by atoms with Crippen LogP contribution in [0.5, 0.6) is 0 Å². The maximum absolute atomic E-state index is 12.6. The standard InChI is InChI=1S/C19H18BrN5OS/c1-22(11-13-7-3-5-9-15(13)20)12-24-19(27)25-16-10-6-4-8-14(16)17(26)23(2)18(25)21-24/h3-10H,11-12H2,1-2H3. The average molecular weight is 444 g/mol. The van der Waals surface area contributed by atoms with Gasteiger partial charge < -0.3 is 0 Å². The third-order valence-corrected chi connectivity index (χ3v) is 5.74. The van der Waals surface area contributed by atoms with Crippen LogP contribution < -0.4 is 5.56 Å². The third-order valence-electron chi connectivity index (χ3n) is 4.58. The molecule has 0 aliphatic carbocycles. The highest BCUT2D eigenvalue weighted by molar-refractivity contribution is 9.10. The van der Waals surface area contributed by atoms with Crippen molar-refractivity contribution in [3.8, 4) is 0 Å². The Morgan fingerprint density at radius 2 is 1.85 bits per heavy atom. The Kier molecular flexibility index (Phi) is 4.71. The van der Waals surface area contributed by atoms with Gasteiger partial charge in [0, 0.05) is 18.1 Å². The second-order valence-electron chi connectivity index (χ2n) is 6.55. The molecular weight excluding hydrogens is 426 g/mol. The quantitative estimate of drug-likeness (QED) is 0.452. The molecule has 0 saturated heterocycles. The number of aryl methyl sites for hydroxylation is 1. The zero-order valence-corrected chi connectivity index (χ0v) is 17.4. The lowest BCUT2D eigenvalue weighted by molar-refractivity contribution is 0.244. The van der Waals surface area contributed by atoms with Crippen molar-refractivity contribution in [1.82, 2.24) is 23.6 Å². The number of fused-ring (bicyclic) bond motifs is 3. The second kappa shape index (κ2) is 7.03. The van der Waals surface area contributed by atoms with Crippen molar-refractivity contribution in [3.05, 3.63) is 73.7 Å². The molecule has 0 amide bonds. The number of para-hydroxylation sites is 1. The fourth-order valence-corrected chi connectivity index (χ4v) is 3.92. The van der Waals surface area contributed by atoms with Gasteiger partial charge in [0.25, 0.3) is 5.56 Å². The first kappa shape index (κ1) is 18.1. The number of halogens is 1. The lowest BCUT2D eigenvalue weighted by Gasteiger charge is -2.17. The Labute approximate surface area is 169 Å². The summed E-state index contributed by atoms with van der Waals surface area (Å²) in [6, 6.07) is 15.6. The van der Waals surface area contributed by atoms with Crippen LogP contribution in [0.15, 0.2) is 57.8 Å². The van der Waals surface area contributed by atoms with Gasteiger partial charge in [0.05, 0.1) is 17.6 Å². The summed E-state index contributed by atoms with van der Waals surface area (Å²) in [7, 11) is 3.74. The van der Waals surface area contributed by atoms with E-state index in [1.165, 1.54) is 5.56 Å². The molecule has 8 heteroatoms. The van der Waals surface area contributed by atoms with Crippen molar-refractivity contribution in [2.24, 2.45) is 7.05 Å². The molecule has 2 heterocycles. The number of nitrogens with zero attached hydrogens (tertiary/aromatic N) is 5. The van der Waals surface area contributed by atoms with Gasteiger partial charge in [0.1, 0.15) is 0 Å². The molecule has 0 aliphatic heterocycles. The summed E-state index contributed by atoms with van der Waals surface area (Å²) in [6.45, 7) is 1.26. The molecule has 4 aromatic rings. The summed E-state index contributed by atoms with van der Waals surface area (Å²) < 4.78 is 6.80. The molecule has 0 bridgehead atoms. The van der Waals surface area contributed by atoms with E-state index in [2.05, 4.69) is 32.0 Å². The van der Waals surface area contributed by atoms with Crippen molar-refractivity contribution in [1.29, 1.82) is 0 Å². The zero-order chi connectivity index (χ0) is 19.1. The van der Waals surface area contributed by atoms with Gasteiger partial charge in [0.15, 0.2) is 0 Å². The molecule has 0 fully saturated rings. The van der Waals surface area contributed by atoms with Crippen LogP contribution in [-0.2, 0) is 20.3 Å². The maximum atomic E-state index is 12.6. The predicted molar refractivity (Wildman–Crippen MR) is 112 cm³/mol. The van der Waals surface area contributed by atoms with E-state index in [1.807, 2.05) is 53.9 Å². The van der Waals surface area contributed by atoms with E-state index >= 15 is 0 Å². The Balaban J connectivity index is 1.77. The van der Waals surface area contributed by atoms with Crippen LogP contribution >= 0.6 is 28.1 Å². The third kappa shape index (κ3) is 3.13. The van der Waals surface area contributed by atoms with E-state index < -0.39 is 0 Å². The molecule has 2 aromatic carbocycles. The van der Waals surface area contributed by atoms with Gasteiger partial charge in [-0.05, 0) is 43.0 Å². The second-order valence-corrected chi connectivity index (χ2v) is 7.77. The van der Waals surface area contributed by atoms with Gasteiger partial charge in [-0.1, -0.05) is 46.3 Å². The van der Waals surface area contributed by atoms with Crippen LogP contribution in [0.1, 0.15) is 5.56 Å². The summed E-state index contributed by atoms with van der Waals surface area (Å²) in [4.78, 5) is 14.7. The van der Waals surface area contributed by atoms with E-state index in [4.69, 9.17) is 12.2 Å². The number of rotatable bonds is 4. The van der Waals surface area contributed by atoms with Crippen LogP contribution in [0, 0.1) is 4.77 Å². The molecule has 0 N–H and O–H groups in total. The molecule has 0 radical (unpaired) electrons. The molecule has 6 nitrogen and oxygen atoms in total. The van der Waals surface area contributed by atoms with Gasteiger partial charge in [-0.25, -0.2) is 4.68 Å². The van der Waals surface area contributed by atoms with Crippen molar-refractivity contribution < 1.29 is 0 Å². The number of benzene rings is 2. The van der Waals surface area contributed by atoms with Crippen LogP contribution in [0.2, 0.25) is 0 Å². The van der Waals surface area contributed by atoms with Crippen molar-refractivity contribution in [2.75, 3.05) is 7.05 Å². The maximum Gasteiger partial charge on any atom is 0.262 e. The topological polar surface area (TPSA) is 47.5 Å². The van der Waals surface area contributed by atoms with Crippen LogP contribution in [-0.4, -0.2) is 30.7 Å². The number of hydrogen-bond acceptors (Lipinski definition) is 4. The first-order chi connectivity index (χ1) is 13.0. The summed E-state index contributed by atoms with van der Waals surface area (Å²) in [6.07, 6.45) is 0. The molecule has 138 valence electrons. The lowest BCUT2D eigenvalue weighted by atomic mass is 10.2. The molecule has 0 atom stereocenters. The van der Waals surface area contributed by atoms with Crippen molar-refractivity contribution in [2.45, 2.75) is 13.2 Å². The number of aromatic nitrogens is 4. The Morgan fingerprint density at radius 1 is 1.15 bits per heavy atom. The highest BCUT2D eigenvalue weighted by Gasteiger charge is 2.14. The minimum absolute atomic E-state index is 0.0770. The molecule has 0 unspecified atom stereocenters. The normalized spacial score (nSPS) is 11.7. The van der Waals surface area contributed by atoms with Gasteiger partial charge in [-0.3, -0.25) is 18.7 Å². The van der Waals surface area contributed by atoms with E-state index in [1.54, 1.807) is 16.3 Å². The van der Waals surface area contributed by atoms with Gasteiger partial charge in [0.2, 0.25) is 10.5 Å². The molecule has 4 rings (SSSR count). The summed E-state index contributed by atoms with van der Waals surface area (Å²) in [5.41, 5.74) is 1.89. The van der Waals surface area contributed by atoms with Crippen LogP contribution in [0.3, 0.4) is 0 Å². The first-order valence-electron chi connectivity index (χ1n) is 8.46. The summed E-state index contributed by atoms with van der Waals surface area (Å²) in [5, 5.41) is 5.24. The summed E-state index contributed by atoms with van der Waals surface area (Å²) >= 11 is 9.26. The Morgan fingerprint density at radius 3 is 2.63 bits per heavy atom. The number of hydrogen-bond donors (Lipinski definition) is 0. The van der Waals surface area contributed by atoms with E-state index in [0.29, 0.717) is 22.6 Å². The van der Waals surface area contributed by atoms with Crippen molar-refractivity contribution in [3.63, 3.8) is 0 Å². The molecule has 27 heavy (non-hydrogen) atoms. The van der Waals surface area contributed by atoms with E-state index in [9.17, 15) is 4.79 Å². The van der Waals surface area contributed by atoms with E-state index in [0.717, 1.165) is 16.5 Å². The van der Waals surface area contributed by atoms with Crippen molar-refractivity contribution >= 4 is 44.8 Å². The fourth-order valence-electron chi connectivity index (χ4n) is 3.23. The smallest absolute Gasteiger partial charge is 0.262 e. The van der Waals surface area contributed by atoms with Crippen LogP contribution in [0.25, 0.3) is 16.7 Å².